The van der Waals surface area contributed by atoms with Gasteiger partial charge in [-0.1, -0.05) is 23.7 Å². The Labute approximate surface area is 160 Å². The van der Waals surface area contributed by atoms with E-state index in [1.165, 1.54) is 31.3 Å². The summed E-state index contributed by atoms with van der Waals surface area (Å²) in [5.74, 6) is -1.13. The second kappa shape index (κ2) is 7.43. The lowest BCUT2D eigenvalue weighted by molar-refractivity contribution is -0.120. The number of halogens is 2. The number of phenolic OH excluding ortho intramolecular Hbond substituents is 1. The highest BCUT2D eigenvalue weighted by atomic mass is 35.5. The third-order valence-corrected chi connectivity index (χ3v) is 6.24. The van der Waals surface area contributed by atoms with E-state index in [4.69, 9.17) is 11.6 Å². The van der Waals surface area contributed by atoms with E-state index in [0.29, 0.717) is 5.56 Å². The fourth-order valence-electron chi connectivity index (χ4n) is 2.83. The highest BCUT2D eigenvalue weighted by molar-refractivity contribution is 7.87. The molecule has 7 nitrogen and oxygen atoms in total. The van der Waals surface area contributed by atoms with E-state index in [1.807, 2.05) is 0 Å². The molecule has 2 aromatic carbocycles. The van der Waals surface area contributed by atoms with Crippen molar-refractivity contribution in [3.8, 4) is 5.75 Å². The van der Waals surface area contributed by atoms with E-state index in [0.717, 1.165) is 10.4 Å². The van der Waals surface area contributed by atoms with E-state index < -0.39 is 34.0 Å². The molecule has 10 heteroatoms. The molecule has 0 aromatic heterocycles. The minimum absolute atomic E-state index is 0.0528. The first kappa shape index (κ1) is 19.6. The summed E-state index contributed by atoms with van der Waals surface area (Å²) in [6.07, 6.45) is 0.168. The fraction of sp³-hybridized carbons (Fsp3) is 0.235. The minimum Gasteiger partial charge on any atom is -0.508 e. The highest BCUT2D eigenvalue weighted by Gasteiger charge is 2.40. The Bertz CT molecular complexity index is 969. The molecule has 0 unspecified atom stereocenters. The summed E-state index contributed by atoms with van der Waals surface area (Å²) in [7, 11) is -2.59. The van der Waals surface area contributed by atoms with Crippen LogP contribution in [0.2, 0.25) is 5.02 Å². The standard InChI is InChI=1S/C17H17ClFN3O4S/c1-22-16(17(24)20-11-4-7-14(19)13(18)8-11)9-15(21-27(22,25)26)10-2-5-12(23)6-3-10/h2-8,15-16,21,23H,9H2,1H3,(H,20,24)/t15-,16+/m0/s1. The average molecular weight is 414 g/mol. The van der Waals surface area contributed by atoms with Crippen LogP contribution in [0.25, 0.3) is 0 Å². The van der Waals surface area contributed by atoms with E-state index in [-0.39, 0.29) is 22.9 Å². The number of phenols is 1. The second-order valence-electron chi connectivity index (χ2n) is 6.15. The van der Waals surface area contributed by atoms with Crippen molar-refractivity contribution in [2.75, 3.05) is 12.4 Å². The molecule has 144 valence electrons. The Morgan fingerprint density at radius 2 is 1.96 bits per heavy atom. The topological polar surface area (TPSA) is 98.7 Å². The van der Waals surface area contributed by atoms with Crippen LogP contribution in [0.3, 0.4) is 0 Å². The van der Waals surface area contributed by atoms with Gasteiger partial charge in [0.1, 0.15) is 17.6 Å². The summed E-state index contributed by atoms with van der Waals surface area (Å²) in [6, 6.07) is 8.13. The molecule has 0 radical (unpaired) electrons. The first-order chi connectivity index (χ1) is 12.7. The molecule has 0 saturated carbocycles. The van der Waals surface area contributed by atoms with Crippen LogP contribution in [0.5, 0.6) is 5.75 Å². The van der Waals surface area contributed by atoms with Gasteiger partial charge in [0.15, 0.2) is 0 Å². The number of anilines is 1. The van der Waals surface area contributed by atoms with Gasteiger partial charge in [-0.25, -0.2) is 4.39 Å². The van der Waals surface area contributed by atoms with Crippen molar-refractivity contribution in [1.29, 1.82) is 0 Å². The molecule has 3 rings (SSSR count). The SMILES string of the molecule is CN1[C@@H](C(=O)Nc2ccc(F)c(Cl)c2)C[C@@H](c2ccc(O)cc2)NS1(=O)=O. The number of aromatic hydroxyl groups is 1. The molecule has 1 aliphatic rings. The molecule has 1 heterocycles. The molecular weight excluding hydrogens is 397 g/mol. The molecule has 1 aliphatic heterocycles. The van der Waals surface area contributed by atoms with Crippen LogP contribution in [0.1, 0.15) is 18.0 Å². The molecular formula is C17H17ClFN3O4S. The zero-order valence-corrected chi connectivity index (χ0v) is 15.8. The maximum atomic E-state index is 13.3. The minimum atomic E-state index is -3.90. The lowest BCUT2D eigenvalue weighted by atomic mass is 9.99. The maximum absolute atomic E-state index is 13.3. The smallest absolute Gasteiger partial charge is 0.280 e. The van der Waals surface area contributed by atoms with Gasteiger partial charge in [-0.3, -0.25) is 4.79 Å². The highest BCUT2D eigenvalue weighted by Crippen LogP contribution is 2.29. The second-order valence-corrected chi connectivity index (χ2v) is 8.32. The van der Waals surface area contributed by atoms with Crippen molar-refractivity contribution in [2.45, 2.75) is 18.5 Å². The molecule has 0 spiro atoms. The third-order valence-electron chi connectivity index (χ3n) is 4.35. The number of carbonyl (C=O) groups excluding carboxylic acids is 1. The number of hydrogen-bond acceptors (Lipinski definition) is 4. The van der Waals surface area contributed by atoms with Crippen molar-refractivity contribution in [2.24, 2.45) is 0 Å². The zero-order chi connectivity index (χ0) is 19.8. The van der Waals surface area contributed by atoms with Crippen LogP contribution < -0.4 is 10.0 Å². The lowest BCUT2D eigenvalue weighted by Gasteiger charge is -2.36. The van der Waals surface area contributed by atoms with Gasteiger partial charge >= 0.3 is 0 Å². The molecule has 2 atom stereocenters. The normalized spacial score (nSPS) is 22.3. The number of amides is 1. The van der Waals surface area contributed by atoms with Crippen molar-refractivity contribution < 1.29 is 22.7 Å². The number of nitrogens with zero attached hydrogens (tertiary/aromatic N) is 1. The number of rotatable bonds is 3. The molecule has 1 amide bonds. The van der Waals surface area contributed by atoms with Crippen molar-refractivity contribution in [3.63, 3.8) is 0 Å². The largest absolute Gasteiger partial charge is 0.508 e. The number of hydrogen-bond donors (Lipinski definition) is 3. The van der Waals surface area contributed by atoms with Crippen molar-refractivity contribution in [1.82, 2.24) is 9.03 Å². The van der Waals surface area contributed by atoms with E-state index >= 15 is 0 Å². The molecule has 1 fully saturated rings. The van der Waals surface area contributed by atoms with Gasteiger partial charge in [-0.2, -0.15) is 17.4 Å². The van der Waals surface area contributed by atoms with Crippen LogP contribution in [-0.2, 0) is 15.0 Å². The summed E-state index contributed by atoms with van der Waals surface area (Å²) < 4.78 is 41.5. The van der Waals surface area contributed by atoms with E-state index in [2.05, 4.69) is 10.0 Å². The van der Waals surface area contributed by atoms with Crippen LogP contribution in [-0.4, -0.2) is 36.8 Å². The van der Waals surface area contributed by atoms with Gasteiger partial charge < -0.3 is 10.4 Å². The third kappa shape index (κ3) is 4.22. The van der Waals surface area contributed by atoms with Crippen molar-refractivity contribution in [3.05, 3.63) is 58.9 Å². The van der Waals surface area contributed by atoms with Gasteiger partial charge in [0, 0.05) is 18.8 Å². The molecule has 27 heavy (non-hydrogen) atoms. The van der Waals surface area contributed by atoms with E-state index in [1.54, 1.807) is 12.1 Å². The summed E-state index contributed by atoms with van der Waals surface area (Å²) in [4.78, 5) is 12.7. The van der Waals surface area contributed by atoms with Crippen LogP contribution in [0.4, 0.5) is 10.1 Å². The van der Waals surface area contributed by atoms with Crippen LogP contribution >= 0.6 is 11.6 Å². The quantitative estimate of drug-likeness (QED) is 0.719. The first-order valence-corrected chi connectivity index (χ1v) is 9.79. The Hall–Kier alpha value is -2.20. The van der Waals surface area contributed by atoms with Crippen molar-refractivity contribution >= 4 is 33.4 Å². The Balaban J connectivity index is 1.84. The zero-order valence-electron chi connectivity index (χ0n) is 14.2. The summed E-state index contributed by atoms with van der Waals surface area (Å²) in [5.41, 5.74) is 0.879. The monoisotopic (exact) mass is 413 g/mol. The van der Waals surface area contributed by atoms with Gasteiger partial charge in [0.2, 0.25) is 5.91 Å². The van der Waals surface area contributed by atoms with E-state index in [9.17, 15) is 22.7 Å². The van der Waals surface area contributed by atoms with Crippen LogP contribution in [0, 0.1) is 5.82 Å². The van der Waals surface area contributed by atoms with Gasteiger partial charge in [0.25, 0.3) is 10.2 Å². The Morgan fingerprint density at radius 3 is 2.59 bits per heavy atom. The summed E-state index contributed by atoms with van der Waals surface area (Å²) in [6.45, 7) is 0. The molecule has 0 aliphatic carbocycles. The summed E-state index contributed by atoms with van der Waals surface area (Å²) in [5, 5.41) is 11.8. The first-order valence-electron chi connectivity index (χ1n) is 7.97. The lowest BCUT2D eigenvalue weighted by Crippen LogP contribution is -2.55. The molecule has 2 aromatic rings. The molecule has 3 N–H and O–H groups in total. The predicted octanol–water partition coefficient (Wildman–Crippen LogP) is 2.40. The average Bonchev–Trinajstić information content (AvgIpc) is 2.61. The summed E-state index contributed by atoms with van der Waals surface area (Å²) >= 11 is 5.71. The number of nitrogens with one attached hydrogen (secondary N) is 2. The van der Waals surface area contributed by atoms with Gasteiger partial charge in [-0.05, 0) is 42.3 Å². The van der Waals surface area contributed by atoms with Gasteiger partial charge in [0.05, 0.1) is 5.02 Å². The number of carbonyl (C=O) groups is 1. The Kier molecular flexibility index (Phi) is 5.38. The molecule has 1 saturated heterocycles. The maximum Gasteiger partial charge on any atom is 0.280 e. The van der Waals surface area contributed by atoms with Crippen LogP contribution in [0.15, 0.2) is 42.5 Å². The molecule has 0 bridgehead atoms. The number of benzene rings is 2. The van der Waals surface area contributed by atoms with Gasteiger partial charge in [-0.15, -0.1) is 0 Å². The Morgan fingerprint density at radius 1 is 1.30 bits per heavy atom. The predicted molar refractivity (Wildman–Crippen MR) is 99.1 cm³/mol. The fourth-order valence-corrected chi connectivity index (χ4v) is 4.29. The number of likely N-dealkylation sites (N-methyl/N-ethyl adjacent to an activating group) is 1.